The minimum absolute atomic E-state index is 0.313. The molecule has 0 N–H and O–H groups in total. The summed E-state index contributed by atoms with van der Waals surface area (Å²) >= 11 is 7.81. The molecule has 0 unspecified atom stereocenters. The van der Waals surface area contributed by atoms with Gasteiger partial charge in [-0.25, -0.2) is 0 Å². The number of halogens is 1. The first-order valence-electron chi connectivity index (χ1n) is 9.31. The van der Waals surface area contributed by atoms with Gasteiger partial charge >= 0.3 is 0 Å². The molecule has 0 aromatic rings. The first-order chi connectivity index (χ1) is 11.6. The topological polar surface area (TPSA) is 23.6 Å². The van der Waals surface area contributed by atoms with E-state index in [1.54, 1.807) is 11.8 Å². The van der Waals surface area contributed by atoms with E-state index >= 15 is 0 Å². The Morgan fingerprint density at radius 1 is 1.25 bits per heavy atom. The highest BCUT2D eigenvalue weighted by Gasteiger charge is 2.33. The van der Waals surface area contributed by atoms with Gasteiger partial charge in [0.1, 0.15) is 0 Å². The van der Waals surface area contributed by atoms with Gasteiger partial charge in [-0.2, -0.15) is 0 Å². The zero-order valence-electron chi connectivity index (χ0n) is 15.1. The lowest BCUT2D eigenvalue weighted by Gasteiger charge is -2.43. The van der Waals surface area contributed by atoms with Crippen LogP contribution >= 0.6 is 23.4 Å². The number of rotatable bonds is 7. The van der Waals surface area contributed by atoms with Crippen molar-refractivity contribution in [3.8, 4) is 0 Å². The maximum atomic E-state index is 12.1. The van der Waals surface area contributed by atoms with Gasteiger partial charge in [0.2, 0.25) is 5.91 Å². The summed E-state index contributed by atoms with van der Waals surface area (Å²) in [5, 5.41) is 1.07. The van der Waals surface area contributed by atoms with E-state index in [0.717, 1.165) is 41.7 Å². The molecule has 3 nitrogen and oxygen atoms in total. The molecule has 2 fully saturated rings. The van der Waals surface area contributed by atoms with E-state index in [1.807, 2.05) is 17.9 Å². The van der Waals surface area contributed by atoms with Crippen molar-refractivity contribution in [3.63, 3.8) is 0 Å². The summed E-state index contributed by atoms with van der Waals surface area (Å²) in [6, 6.07) is 1.08. The second kappa shape index (κ2) is 9.76. The van der Waals surface area contributed by atoms with E-state index < -0.39 is 0 Å². The van der Waals surface area contributed by atoms with Crippen LogP contribution < -0.4 is 0 Å². The number of thioether (sulfide) groups is 1. The third kappa shape index (κ3) is 5.19. The van der Waals surface area contributed by atoms with E-state index in [1.165, 1.54) is 25.7 Å². The van der Waals surface area contributed by atoms with Crippen LogP contribution in [0.4, 0.5) is 0 Å². The van der Waals surface area contributed by atoms with Crippen LogP contribution in [0.5, 0.6) is 0 Å². The van der Waals surface area contributed by atoms with Gasteiger partial charge in [0.05, 0.1) is 9.39 Å². The standard InChI is InChI=1S/C19H31ClN2OS/c1-4-8-19(23)21-13-11-17(12-14-21)22(16-9-6-7-10-16)15(3)24-18(20)5-2/h5,16-17H,3-4,6-14H2,1-2H3/b18-5-. The van der Waals surface area contributed by atoms with Crippen LogP contribution in [0.2, 0.25) is 0 Å². The largest absolute Gasteiger partial charge is 0.360 e. The minimum atomic E-state index is 0.313. The number of nitrogens with zero attached hydrogens (tertiary/aromatic N) is 2. The lowest BCUT2D eigenvalue weighted by molar-refractivity contribution is -0.132. The van der Waals surface area contributed by atoms with E-state index in [2.05, 4.69) is 18.4 Å². The molecule has 2 aliphatic rings. The summed E-state index contributed by atoms with van der Waals surface area (Å²) in [7, 11) is 0. The Balaban J connectivity index is 2.00. The molecule has 1 heterocycles. The molecule has 1 amide bonds. The summed E-state index contributed by atoms with van der Waals surface area (Å²) in [4.78, 5) is 16.7. The number of amides is 1. The normalized spacial score (nSPS) is 20.5. The summed E-state index contributed by atoms with van der Waals surface area (Å²) in [6.07, 6.45) is 10.7. The number of allylic oxidation sites excluding steroid dienone is 1. The van der Waals surface area contributed by atoms with Crippen molar-refractivity contribution in [2.45, 2.75) is 77.3 Å². The van der Waals surface area contributed by atoms with Gasteiger partial charge < -0.3 is 9.80 Å². The molecule has 0 bridgehead atoms. The van der Waals surface area contributed by atoms with Crippen LogP contribution in [0.15, 0.2) is 22.0 Å². The molecule has 0 spiro atoms. The Morgan fingerprint density at radius 2 is 1.83 bits per heavy atom. The molecule has 1 saturated heterocycles. The van der Waals surface area contributed by atoms with Crippen molar-refractivity contribution in [1.29, 1.82) is 0 Å². The fourth-order valence-electron chi connectivity index (χ4n) is 3.88. The highest BCUT2D eigenvalue weighted by Crippen LogP contribution is 2.38. The molecule has 0 aromatic carbocycles. The van der Waals surface area contributed by atoms with E-state index in [-0.39, 0.29) is 0 Å². The van der Waals surface area contributed by atoms with Crippen LogP contribution in [-0.2, 0) is 4.79 Å². The van der Waals surface area contributed by atoms with Gasteiger partial charge in [-0.05, 0) is 39.0 Å². The van der Waals surface area contributed by atoms with E-state index in [0.29, 0.717) is 24.4 Å². The third-order valence-electron chi connectivity index (χ3n) is 5.12. The average Bonchev–Trinajstić information content (AvgIpc) is 3.09. The smallest absolute Gasteiger partial charge is 0.222 e. The first-order valence-corrected chi connectivity index (χ1v) is 10.5. The number of piperidine rings is 1. The maximum Gasteiger partial charge on any atom is 0.222 e. The van der Waals surface area contributed by atoms with Crippen LogP contribution in [0, 0.1) is 0 Å². The zero-order chi connectivity index (χ0) is 17.5. The highest BCUT2D eigenvalue weighted by atomic mass is 35.5. The SMILES string of the molecule is C=C(S/C(Cl)=C\C)N(C1CCCC1)C1CCN(C(=O)CCC)CC1. The van der Waals surface area contributed by atoms with Gasteiger partial charge in [0.25, 0.3) is 0 Å². The maximum absolute atomic E-state index is 12.1. The van der Waals surface area contributed by atoms with E-state index in [4.69, 9.17) is 11.6 Å². The van der Waals surface area contributed by atoms with Crippen LogP contribution in [0.1, 0.15) is 65.2 Å². The van der Waals surface area contributed by atoms with E-state index in [9.17, 15) is 4.79 Å². The Morgan fingerprint density at radius 3 is 2.38 bits per heavy atom. The molecule has 1 saturated carbocycles. The molecule has 24 heavy (non-hydrogen) atoms. The molecule has 2 rings (SSSR count). The fraction of sp³-hybridized carbons (Fsp3) is 0.737. The molecule has 5 heteroatoms. The van der Waals surface area contributed by atoms with Gasteiger partial charge in [-0.3, -0.25) is 4.79 Å². The molecule has 0 radical (unpaired) electrons. The average molecular weight is 371 g/mol. The van der Waals surface area contributed by atoms with Gasteiger partial charge in [-0.15, -0.1) is 0 Å². The van der Waals surface area contributed by atoms with Gasteiger partial charge in [-0.1, -0.05) is 55.8 Å². The Labute approximate surface area is 156 Å². The molecular weight excluding hydrogens is 340 g/mol. The number of carbonyl (C=O) groups is 1. The van der Waals surface area contributed by atoms with Gasteiger partial charge in [0.15, 0.2) is 0 Å². The molecule has 1 aliphatic carbocycles. The third-order valence-corrected chi connectivity index (χ3v) is 6.45. The lowest BCUT2D eigenvalue weighted by Crippen LogP contribution is -2.48. The summed E-state index contributed by atoms with van der Waals surface area (Å²) in [5.41, 5.74) is 0. The summed E-state index contributed by atoms with van der Waals surface area (Å²) < 4.78 is 0.790. The number of hydrogen-bond acceptors (Lipinski definition) is 3. The van der Waals surface area contributed by atoms with Crippen molar-refractivity contribution in [2.24, 2.45) is 0 Å². The second-order valence-electron chi connectivity index (χ2n) is 6.80. The molecule has 0 aromatic heterocycles. The molecular formula is C19H31ClN2OS. The van der Waals surface area contributed by atoms with Crippen LogP contribution in [0.25, 0.3) is 0 Å². The predicted molar refractivity (Wildman–Crippen MR) is 105 cm³/mol. The Kier molecular flexibility index (Phi) is 8.02. The van der Waals surface area contributed by atoms with Crippen molar-refractivity contribution < 1.29 is 4.79 Å². The van der Waals surface area contributed by atoms with Gasteiger partial charge in [0, 0.05) is 31.6 Å². The highest BCUT2D eigenvalue weighted by molar-refractivity contribution is 8.08. The minimum Gasteiger partial charge on any atom is -0.360 e. The lowest BCUT2D eigenvalue weighted by atomic mass is 10.0. The second-order valence-corrected chi connectivity index (χ2v) is 8.54. The number of hydrogen-bond donors (Lipinski definition) is 0. The molecule has 1 aliphatic heterocycles. The van der Waals surface area contributed by atoms with Crippen molar-refractivity contribution in [2.75, 3.05) is 13.1 Å². The quantitative estimate of drug-likeness (QED) is 0.605. The first kappa shape index (κ1) is 19.7. The zero-order valence-corrected chi connectivity index (χ0v) is 16.7. The monoisotopic (exact) mass is 370 g/mol. The number of likely N-dealkylation sites (tertiary alicyclic amines) is 1. The fourth-order valence-corrected chi connectivity index (χ4v) is 4.89. The summed E-state index contributed by atoms with van der Waals surface area (Å²) in [6.45, 7) is 10.1. The predicted octanol–water partition coefficient (Wildman–Crippen LogP) is 5.33. The number of carbonyl (C=O) groups excluding carboxylic acids is 1. The van der Waals surface area contributed by atoms with Crippen molar-refractivity contribution in [1.82, 2.24) is 9.80 Å². The Bertz CT molecular complexity index is 466. The van der Waals surface area contributed by atoms with Crippen molar-refractivity contribution in [3.05, 3.63) is 22.0 Å². The summed E-state index contributed by atoms with van der Waals surface area (Å²) in [5.74, 6) is 0.313. The Hall–Kier alpha value is -0.610. The van der Waals surface area contributed by atoms with Crippen LogP contribution in [-0.4, -0.2) is 40.9 Å². The molecule has 0 atom stereocenters. The molecule has 136 valence electrons. The van der Waals surface area contributed by atoms with Crippen molar-refractivity contribution >= 4 is 29.3 Å². The van der Waals surface area contributed by atoms with Crippen LogP contribution in [0.3, 0.4) is 0 Å².